The molecule has 1 saturated heterocycles. The highest BCUT2D eigenvalue weighted by molar-refractivity contribution is 5.29. The monoisotopic (exact) mass is 389 g/mol. The van der Waals surface area contributed by atoms with Gasteiger partial charge in [0.1, 0.15) is 5.75 Å². The van der Waals surface area contributed by atoms with Gasteiger partial charge in [0.05, 0.1) is 6.61 Å². The SMILES string of the molecule is OCC1(Cc2ccccc2)CCCN(Cc2ccc(Oc3ncccn3)cc2)C1. The maximum Gasteiger partial charge on any atom is 0.321 e. The van der Waals surface area contributed by atoms with Crippen LogP contribution in [0, 0.1) is 5.41 Å². The van der Waals surface area contributed by atoms with Crippen LogP contribution in [-0.2, 0) is 13.0 Å². The van der Waals surface area contributed by atoms with Crippen molar-refractivity contribution >= 4 is 0 Å². The third kappa shape index (κ3) is 5.19. The van der Waals surface area contributed by atoms with Gasteiger partial charge in [0.15, 0.2) is 0 Å². The fourth-order valence-corrected chi connectivity index (χ4v) is 4.17. The Kier molecular flexibility index (Phi) is 6.17. The topological polar surface area (TPSA) is 58.5 Å². The lowest BCUT2D eigenvalue weighted by atomic mass is 9.75. The first-order valence-electron chi connectivity index (χ1n) is 10.2. The van der Waals surface area contributed by atoms with Crippen molar-refractivity contribution in [2.75, 3.05) is 19.7 Å². The predicted octanol–water partition coefficient (Wildman–Crippen LogP) is 4.09. The standard InChI is InChI=1S/C24H27N3O2/c28-19-24(16-20-6-2-1-3-7-20)12-4-15-27(18-24)17-21-8-10-22(11-9-21)29-23-25-13-5-14-26-23/h1-3,5-11,13-14,28H,4,12,15-19H2. The molecule has 29 heavy (non-hydrogen) atoms. The van der Waals surface area contributed by atoms with Crippen LogP contribution in [0.15, 0.2) is 73.1 Å². The molecule has 0 bridgehead atoms. The summed E-state index contributed by atoms with van der Waals surface area (Å²) in [6.45, 7) is 3.07. The number of hydrogen-bond donors (Lipinski definition) is 1. The molecule has 3 aromatic rings. The predicted molar refractivity (Wildman–Crippen MR) is 113 cm³/mol. The molecule has 5 nitrogen and oxygen atoms in total. The third-order valence-corrected chi connectivity index (χ3v) is 5.58. The molecule has 2 heterocycles. The molecule has 0 amide bonds. The first-order valence-corrected chi connectivity index (χ1v) is 10.2. The fourth-order valence-electron chi connectivity index (χ4n) is 4.17. The maximum absolute atomic E-state index is 10.2. The number of piperidine rings is 1. The van der Waals surface area contributed by atoms with Crippen molar-refractivity contribution in [3.63, 3.8) is 0 Å². The first kappa shape index (κ1) is 19.6. The number of rotatable bonds is 7. The Morgan fingerprint density at radius 2 is 1.69 bits per heavy atom. The van der Waals surface area contributed by atoms with Gasteiger partial charge in [0.2, 0.25) is 0 Å². The molecule has 5 heteroatoms. The maximum atomic E-state index is 10.2. The van der Waals surface area contributed by atoms with E-state index in [1.807, 2.05) is 18.2 Å². The van der Waals surface area contributed by atoms with Gasteiger partial charge in [-0.1, -0.05) is 42.5 Å². The smallest absolute Gasteiger partial charge is 0.321 e. The van der Waals surface area contributed by atoms with E-state index >= 15 is 0 Å². The van der Waals surface area contributed by atoms with E-state index in [-0.39, 0.29) is 12.0 Å². The van der Waals surface area contributed by atoms with Crippen molar-refractivity contribution < 1.29 is 9.84 Å². The van der Waals surface area contributed by atoms with Crippen LogP contribution < -0.4 is 4.74 Å². The molecule has 0 saturated carbocycles. The van der Waals surface area contributed by atoms with Crippen LogP contribution in [0.1, 0.15) is 24.0 Å². The molecule has 0 spiro atoms. The highest BCUT2D eigenvalue weighted by Gasteiger charge is 2.35. The molecule has 1 aromatic heterocycles. The average Bonchev–Trinajstić information content (AvgIpc) is 2.77. The molecular weight excluding hydrogens is 362 g/mol. The average molecular weight is 389 g/mol. The summed E-state index contributed by atoms with van der Waals surface area (Å²) < 4.78 is 5.67. The van der Waals surface area contributed by atoms with Gasteiger partial charge in [-0.2, -0.15) is 0 Å². The van der Waals surface area contributed by atoms with Gasteiger partial charge in [-0.25, -0.2) is 9.97 Å². The van der Waals surface area contributed by atoms with Crippen molar-refractivity contribution in [3.05, 3.63) is 84.2 Å². The van der Waals surface area contributed by atoms with E-state index in [0.717, 1.165) is 44.6 Å². The van der Waals surface area contributed by atoms with Gasteiger partial charge in [-0.15, -0.1) is 0 Å². The zero-order chi connectivity index (χ0) is 19.9. The molecule has 1 atom stereocenters. The van der Waals surface area contributed by atoms with E-state index in [1.54, 1.807) is 18.5 Å². The van der Waals surface area contributed by atoms with E-state index < -0.39 is 0 Å². The van der Waals surface area contributed by atoms with Crippen LogP contribution in [0.4, 0.5) is 0 Å². The number of hydrogen-bond acceptors (Lipinski definition) is 5. The number of benzene rings is 2. The Labute approximate surface area is 172 Å². The van der Waals surface area contributed by atoms with Gasteiger partial charge in [0.25, 0.3) is 0 Å². The molecule has 1 N–H and O–H groups in total. The van der Waals surface area contributed by atoms with Crippen LogP contribution in [0.5, 0.6) is 11.8 Å². The molecule has 1 fully saturated rings. The number of likely N-dealkylation sites (tertiary alicyclic amines) is 1. The number of ether oxygens (including phenoxy) is 1. The minimum atomic E-state index is -0.0622. The lowest BCUT2D eigenvalue weighted by molar-refractivity contribution is 0.0288. The van der Waals surface area contributed by atoms with E-state index in [9.17, 15) is 5.11 Å². The quantitative estimate of drug-likeness (QED) is 0.660. The number of aromatic nitrogens is 2. The summed E-state index contributed by atoms with van der Waals surface area (Å²) in [6.07, 6.45) is 6.43. The second-order valence-electron chi connectivity index (χ2n) is 7.91. The summed E-state index contributed by atoms with van der Waals surface area (Å²) in [5.41, 5.74) is 2.47. The van der Waals surface area contributed by atoms with Gasteiger partial charge in [-0.05, 0) is 55.1 Å². The van der Waals surface area contributed by atoms with Crippen LogP contribution >= 0.6 is 0 Å². The Morgan fingerprint density at radius 1 is 0.931 bits per heavy atom. The summed E-state index contributed by atoms with van der Waals surface area (Å²) in [6, 6.07) is 20.7. The van der Waals surface area contributed by atoms with Crippen LogP contribution in [0.3, 0.4) is 0 Å². The Morgan fingerprint density at radius 3 is 2.41 bits per heavy atom. The Balaban J connectivity index is 1.38. The van der Waals surface area contributed by atoms with Crippen molar-refractivity contribution in [1.29, 1.82) is 0 Å². The van der Waals surface area contributed by atoms with Crippen molar-refractivity contribution in [3.8, 4) is 11.8 Å². The summed E-state index contributed by atoms with van der Waals surface area (Å²) in [4.78, 5) is 10.6. The molecule has 1 aliphatic heterocycles. The highest BCUT2D eigenvalue weighted by Crippen LogP contribution is 2.34. The van der Waals surface area contributed by atoms with Crippen molar-refractivity contribution in [2.45, 2.75) is 25.8 Å². The molecule has 0 aliphatic carbocycles. The third-order valence-electron chi connectivity index (χ3n) is 5.58. The van der Waals surface area contributed by atoms with E-state index in [4.69, 9.17) is 4.74 Å². The van der Waals surface area contributed by atoms with Crippen LogP contribution in [-0.4, -0.2) is 39.7 Å². The number of aliphatic hydroxyl groups excluding tert-OH is 1. The molecule has 1 unspecified atom stereocenters. The minimum absolute atomic E-state index is 0.0622. The molecule has 4 rings (SSSR count). The van der Waals surface area contributed by atoms with Crippen molar-refractivity contribution in [1.82, 2.24) is 14.9 Å². The highest BCUT2D eigenvalue weighted by atomic mass is 16.5. The molecule has 150 valence electrons. The summed E-state index contributed by atoms with van der Waals surface area (Å²) in [5, 5.41) is 10.2. The zero-order valence-corrected chi connectivity index (χ0v) is 16.6. The van der Waals surface area contributed by atoms with Gasteiger partial charge >= 0.3 is 6.01 Å². The minimum Gasteiger partial charge on any atom is -0.424 e. The molecule has 0 radical (unpaired) electrons. The number of nitrogens with zero attached hydrogens (tertiary/aromatic N) is 3. The lowest BCUT2D eigenvalue weighted by Gasteiger charge is -2.42. The van der Waals surface area contributed by atoms with Crippen LogP contribution in [0.2, 0.25) is 0 Å². The van der Waals surface area contributed by atoms with Crippen LogP contribution in [0.25, 0.3) is 0 Å². The largest absolute Gasteiger partial charge is 0.424 e. The van der Waals surface area contributed by atoms with E-state index in [0.29, 0.717) is 6.01 Å². The Hall–Kier alpha value is -2.76. The molecular formula is C24H27N3O2. The lowest BCUT2D eigenvalue weighted by Crippen LogP contribution is -2.46. The van der Waals surface area contributed by atoms with Gasteiger partial charge < -0.3 is 9.84 Å². The Bertz CT molecular complexity index is 887. The van der Waals surface area contributed by atoms with Gasteiger partial charge in [0, 0.05) is 30.9 Å². The second kappa shape index (κ2) is 9.16. The van der Waals surface area contributed by atoms with E-state index in [1.165, 1.54) is 11.1 Å². The molecule has 2 aromatic carbocycles. The fraction of sp³-hybridized carbons (Fsp3) is 0.333. The van der Waals surface area contributed by atoms with E-state index in [2.05, 4.69) is 51.3 Å². The summed E-state index contributed by atoms with van der Waals surface area (Å²) >= 11 is 0. The normalized spacial score (nSPS) is 19.8. The summed E-state index contributed by atoms with van der Waals surface area (Å²) in [7, 11) is 0. The molecule has 1 aliphatic rings. The number of aliphatic hydroxyl groups is 1. The zero-order valence-electron chi connectivity index (χ0n) is 16.6. The van der Waals surface area contributed by atoms with Crippen molar-refractivity contribution in [2.24, 2.45) is 5.41 Å². The second-order valence-corrected chi connectivity index (χ2v) is 7.91. The first-order chi connectivity index (χ1) is 14.2. The van der Waals surface area contributed by atoms with Gasteiger partial charge in [-0.3, -0.25) is 4.90 Å². The summed E-state index contributed by atoms with van der Waals surface area (Å²) in [5.74, 6) is 0.729.